The Labute approximate surface area is 108 Å². The van der Waals surface area contributed by atoms with Crippen LogP contribution >= 0.6 is 0 Å². The number of carbonyl (C=O) groups excluding carboxylic acids is 1. The minimum atomic E-state index is 0.125. The Kier molecular flexibility index (Phi) is 4.59. The minimum absolute atomic E-state index is 0.125. The Morgan fingerprint density at radius 1 is 1.39 bits per heavy atom. The highest BCUT2D eigenvalue weighted by molar-refractivity contribution is 5.76. The molecular formula is C14H21N3O. The van der Waals surface area contributed by atoms with Crippen molar-refractivity contribution in [2.75, 3.05) is 24.5 Å². The third kappa shape index (κ3) is 3.47. The average Bonchev–Trinajstić information content (AvgIpc) is 2.86. The molecule has 18 heavy (non-hydrogen) atoms. The fourth-order valence-electron chi connectivity index (χ4n) is 2.31. The molecule has 1 saturated heterocycles. The number of amides is 1. The maximum atomic E-state index is 11.6. The summed E-state index contributed by atoms with van der Waals surface area (Å²) in [7, 11) is 0. The van der Waals surface area contributed by atoms with Crippen molar-refractivity contribution in [1.29, 1.82) is 0 Å². The number of hydrogen-bond donors (Lipinski definition) is 2. The van der Waals surface area contributed by atoms with Crippen molar-refractivity contribution < 1.29 is 4.79 Å². The highest BCUT2D eigenvalue weighted by Crippen LogP contribution is 2.19. The molecule has 2 rings (SSSR count). The van der Waals surface area contributed by atoms with Crippen molar-refractivity contribution in [1.82, 2.24) is 5.32 Å². The molecule has 1 aromatic rings. The predicted molar refractivity (Wildman–Crippen MR) is 73.5 cm³/mol. The lowest BCUT2D eigenvalue weighted by molar-refractivity contribution is -0.121. The highest BCUT2D eigenvalue weighted by atomic mass is 16.1. The van der Waals surface area contributed by atoms with E-state index in [9.17, 15) is 4.79 Å². The first kappa shape index (κ1) is 12.9. The largest absolute Gasteiger partial charge is 0.369 e. The lowest BCUT2D eigenvalue weighted by Crippen LogP contribution is -2.37. The number of benzene rings is 1. The van der Waals surface area contributed by atoms with Crippen molar-refractivity contribution in [3.63, 3.8) is 0 Å². The minimum Gasteiger partial charge on any atom is -0.369 e. The van der Waals surface area contributed by atoms with Crippen LogP contribution in [0, 0.1) is 0 Å². The molecule has 0 aromatic heterocycles. The first-order chi connectivity index (χ1) is 8.79. The highest BCUT2D eigenvalue weighted by Gasteiger charge is 2.23. The van der Waals surface area contributed by atoms with Crippen LogP contribution in [-0.4, -0.2) is 31.6 Å². The van der Waals surface area contributed by atoms with E-state index >= 15 is 0 Å². The van der Waals surface area contributed by atoms with Gasteiger partial charge in [0.2, 0.25) is 5.91 Å². The molecule has 4 heteroatoms. The molecule has 1 heterocycles. The van der Waals surface area contributed by atoms with Crippen molar-refractivity contribution in [2.45, 2.75) is 25.3 Å². The van der Waals surface area contributed by atoms with Crippen LogP contribution in [0.5, 0.6) is 0 Å². The number of nitrogens with one attached hydrogen (secondary N) is 1. The topological polar surface area (TPSA) is 58.4 Å². The second kappa shape index (κ2) is 6.40. The number of carbonyl (C=O) groups is 1. The van der Waals surface area contributed by atoms with Crippen LogP contribution in [0.2, 0.25) is 0 Å². The van der Waals surface area contributed by atoms with Crippen LogP contribution in [0.3, 0.4) is 0 Å². The zero-order chi connectivity index (χ0) is 12.8. The van der Waals surface area contributed by atoms with Gasteiger partial charge in [-0.05, 0) is 31.5 Å². The molecule has 1 aromatic carbocycles. The van der Waals surface area contributed by atoms with E-state index in [-0.39, 0.29) is 11.9 Å². The Balaban J connectivity index is 1.80. The molecule has 1 aliphatic heterocycles. The van der Waals surface area contributed by atoms with Gasteiger partial charge in [-0.25, -0.2) is 0 Å². The van der Waals surface area contributed by atoms with Crippen LogP contribution < -0.4 is 16.0 Å². The van der Waals surface area contributed by atoms with Gasteiger partial charge in [-0.2, -0.15) is 0 Å². The molecule has 0 spiro atoms. The molecule has 1 fully saturated rings. The lowest BCUT2D eigenvalue weighted by atomic mass is 10.2. The number of anilines is 1. The standard InChI is InChI=1S/C14H21N3O/c15-9-4-7-14(18)16-12-8-10-17(11-12)13-5-2-1-3-6-13/h1-3,5-6,12H,4,7-11,15H2,(H,16,18). The van der Waals surface area contributed by atoms with Gasteiger partial charge in [0.15, 0.2) is 0 Å². The SMILES string of the molecule is NCCCC(=O)NC1CCN(c2ccccc2)C1. The summed E-state index contributed by atoms with van der Waals surface area (Å²) in [6, 6.07) is 10.6. The summed E-state index contributed by atoms with van der Waals surface area (Å²) in [4.78, 5) is 13.9. The normalized spacial score (nSPS) is 18.9. The van der Waals surface area contributed by atoms with Gasteiger partial charge in [-0.1, -0.05) is 18.2 Å². The first-order valence-corrected chi connectivity index (χ1v) is 6.59. The van der Waals surface area contributed by atoms with Crippen LogP contribution in [0.1, 0.15) is 19.3 Å². The summed E-state index contributed by atoms with van der Waals surface area (Å²) in [5, 5.41) is 3.08. The number of nitrogens with two attached hydrogens (primary N) is 1. The molecule has 0 bridgehead atoms. The molecule has 0 saturated carbocycles. The maximum Gasteiger partial charge on any atom is 0.220 e. The number of hydrogen-bond acceptors (Lipinski definition) is 3. The molecule has 1 amide bonds. The quantitative estimate of drug-likeness (QED) is 0.820. The van der Waals surface area contributed by atoms with Crippen molar-refractivity contribution in [2.24, 2.45) is 5.73 Å². The molecule has 1 atom stereocenters. The van der Waals surface area contributed by atoms with Gasteiger partial charge in [0.1, 0.15) is 0 Å². The van der Waals surface area contributed by atoms with E-state index in [0.29, 0.717) is 13.0 Å². The summed E-state index contributed by atoms with van der Waals surface area (Å²) in [5.74, 6) is 0.125. The molecule has 0 radical (unpaired) electrons. The van der Waals surface area contributed by atoms with E-state index < -0.39 is 0 Å². The van der Waals surface area contributed by atoms with Crippen molar-refractivity contribution in [3.05, 3.63) is 30.3 Å². The molecule has 1 unspecified atom stereocenters. The molecule has 4 nitrogen and oxygen atoms in total. The summed E-state index contributed by atoms with van der Waals surface area (Å²) in [6.07, 6.45) is 2.32. The zero-order valence-electron chi connectivity index (χ0n) is 10.6. The van der Waals surface area contributed by atoms with Crippen LogP contribution in [0.4, 0.5) is 5.69 Å². The maximum absolute atomic E-state index is 11.6. The fraction of sp³-hybridized carbons (Fsp3) is 0.500. The van der Waals surface area contributed by atoms with Gasteiger partial charge < -0.3 is 16.0 Å². The Bertz CT molecular complexity index is 380. The van der Waals surface area contributed by atoms with E-state index in [4.69, 9.17) is 5.73 Å². The number of para-hydroxylation sites is 1. The molecular weight excluding hydrogens is 226 g/mol. The van der Waals surface area contributed by atoms with Crippen LogP contribution in [-0.2, 0) is 4.79 Å². The molecule has 3 N–H and O–H groups in total. The van der Waals surface area contributed by atoms with Gasteiger partial charge >= 0.3 is 0 Å². The van der Waals surface area contributed by atoms with Crippen LogP contribution in [0.25, 0.3) is 0 Å². The van der Waals surface area contributed by atoms with E-state index in [2.05, 4.69) is 22.3 Å². The number of rotatable bonds is 5. The third-order valence-corrected chi connectivity index (χ3v) is 3.28. The average molecular weight is 247 g/mol. The van der Waals surface area contributed by atoms with Crippen molar-refractivity contribution in [3.8, 4) is 0 Å². The summed E-state index contributed by atoms with van der Waals surface area (Å²) < 4.78 is 0. The predicted octanol–water partition coefficient (Wildman–Crippen LogP) is 1.12. The first-order valence-electron chi connectivity index (χ1n) is 6.59. The van der Waals surface area contributed by atoms with Crippen molar-refractivity contribution >= 4 is 11.6 Å². The second-order valence-electron chi connectivity index (χ2n) is 4.73. The van der Waals surface area contributed by atoms with Gasteiger partial charge in [0, 0.05) is 31.2 Å². The van der Waals surface area contributed by atoms with E-state index in [1.54, 1.807) is 0 Å². The summed E-state index contributed by atoms with van der Waals surface area (Å²) >= 11 is 0. The lowest BCUT2D eigenvalue weighted by Gasteiger charge is -2.18. The summed E-state index contributed by atoms with van der Waals surface area (Å²) in [5.41, 5.74) is 6.63. The van der Waals surface area contributed by atoms with Crippen LogP contribution in [0.15, 0.2) is 30.3 Å². The van der Waals surface area contributed by atoms with Gasteiger partial charge in [-0.15, -0.1) is 0 Å². The van der Waals surface area contributed by atoms with Gasteiger partial charge in [-0.3, -0.25) is 4.79 Å². The van der Waals surface area contributed by atoms with E-state index in [1.807, 2.05) is 18.2 Å². The Morgan fingerprint density at radius 2 is 2.17 bits per heavy atom. The number of nitrogens with zero attached hydrogens (tertiary/aromatic N) is 1. The fourth-order valence-corrected chi connectivity index (χ4v) is 2.31. The molecule has 0 aliphatic carbocycles. The Hall–Kier alpha value is -1.55. The third-order valence-electron chi connectivity index (χ3n) is 3.28. The van der Waals surface area contributed by atoms with Gasteiger partial charge in [0.05, 0.1) is 0 Å². The molecule has 1 aliphatic rings. The van der Waals surface area contributed by atoms with E-state index in [1.165, 1.54) is 5.69 Å². The monoisotopic (exact) mass is 247 g/mol. The summed E-state index contributed by atoms with van der Waals surface area (Å²) in [6.45, 7) is 2.48. The van der Waals surface area contributed by atoms with Gasteiger partial charge in [0.25, 0.3) is 0 Å². The zero-order valence-corrected chi connectivity index (χ0v) is 10.6. The second-order valence-corrected chi connectivity index (χ2v) is 4.73. The smallest absolute Gasteiger partial charge is 0.220 e. The van der Waals surface area contributed by atoms with E-state index in [0.717, 1.165) is 25.9 Å². The molecule has 98 valence electrons. The Morgan fingerprint density at radius 3 is 2.89 bits per heavy atom.